The van der Waals surface area contributed by atoms with Crippen molar-refractivity contribution in [1.29, 1.82) is 0 Å². The highest BCUT2D eigenvalue weighted by Gasteiger charge is 2.04. The van der Waals surface area contributed by atoms with Gasteiger partial charge in [0, 0.05) is 12.1 Å². The van der Waals surface area contributed by atoms with Gasteiger partial charge < -0.3 is 42.6 Å². The summed E-state index contributed by atoms with van der Waals surface area (Å²) in [5, 5.41) is 10.6. The average Bonchev–Trinajstić information content (AvgIpc) is 2.89. The molecule has 1 aromatic carbocycles. The van der Waals surface area contributed by atoms with Crippen LogP contribution < -0.4 is 4.74 Å². The Labute approximate surface area is 212 Å². The Bertz CT molecular complexity index is 645. The predicted molar refractivity (Wildman–Crippen MR) is 130 cm³/mol. The Morgan fingerprint density at radius 3 is 1.25 bits per heavy atom. The van der Waals surface area contributed by atoms with Crippen molar-refractivity contribution in [3.63, 3.8) is 0 Å². The molecule has 0 amide bonds. The molecule has 0 radical (unpaired) electrons. The van der Waals surface area contributed by atoms with Gasteiger partial charge in [-0.2, -0.15) is 0 Å². The first-order valence-corrected chi connectivity index (χ1v) is 11.9. The largest absolute Gasteiger partial charge is 0.499 e. The van der Waals surface area contributed by atoms with Crippen LogP contribution in [0.3, 0.4) is 0 Å². The van der Waals surface area contributed by atoms with Crippen molar-refractivity contribution < 1.29 is 47.6 Å². The SMILES string of the molecule is C=COCCOCCOCCOCCOCCOCCOCCOCCOc1ccc([N+](=O)[O-])cc1. The molecule has 1 rings (SSSR count). The first-order chi connectivity index (χ1) is 17.7. The lowest BCUT2D eigenvalue weighted by Gasteiger charge is -2.09. The van der Waals surface area contributed by atoms with Crippen molar-refractivity contribution in [3.8, 4) is 5.75 Å². The first-order valence-electron chi connectivity index (χ1n) is 11.9. The van der Waals surface area contributed by atoms with Gasteiger partial charge in [0.05, 0.1) is 104 Å². The van der Waals surface area contributed by atoms with Gasteiger partial charge >= 0.3 is 0 Å². The maximum atomic E-state index is 10.6. The summed E-state index contributed by atoms with van der Waals surface area (Å²) in [7, 11) is 0. The van der Waals surface area contributed by atoms with E-state index in [4.69, 9.17) is 42.6 Å². The van der Waals surface area contributed by atoms with Crippen molar-refractivity contribution >= 4 is 5.69 Å². The second kappa shape index (κ2) is 24.4. The molecule has 0 aromatic heterocycles. The van der Waals surface area contributed by atoms with Crippen LogP contribution in [0.15, 0.2) is 37.1 Å². The molecular formula is C24H39NO11. The number of non-ortho nitro benzene ring substituents is 1. The molecule has 0 bridgehead atoms. The van der Waals surface area contributed by atoms with E-state index in [2.05, 4.69) is 6.58 Å². The van der Waals surface area contributed by atoms with Crippen molar-refractivity contribution in [1.82, 2.24) is 0 Å². The van der Waals surface area contributed by atoms with Crippen LogP contribution in [0.1, 0.15) is 0 Å². The minimum absolute atomic E-state index is 0.0279. The van der Waals surface area contributed by atoms with Crippen LogP contribution >= 0.6 is 0 Å². The standard InChI is InChI=1S/C24H39NO11/c1-2-28-7-8-29-9-10-30-11-12-31-13-14-32-15-16-33-17-18-34-19-20-35-21-22-36-24-5-3-23(4-6-24)25(26)27/h2-6H,1,7-22H2. The van der Waals surface area contributed by atoms with E-state index in [0.29, 0.717) is 111 Å². The summed E-state index contributed by atoms with van der Waals surface area (Å²) in [6, 6.07) is 5.91. The Balaban J connectivity index is 1.70. The molecule has 12 nitrogen and oxygen atoms in total. The molecule has 0 fully saturated rings. The maximum Gasteiger partial charge on any atom is 0.269 e. The number of hydrogen-bond donors (Lipinski definition) is 0. The van der Waals surface area contributed by atoms with Gasteiger partial charge in [-0.3, -0.25) is 10.1 Å². The highest BCUT2D eigenvalue weighted by molar-refractivity contribution is 5.35. The number of nitrogens with zero attached hydrogens (tertiary/aromatic N) is 1. The highest BCUT2D eigenvalue weighted by Crippen LogP contribution is 2.17. The van der Waals surface area contributed by atoms with E-state index in [-0.39, 0.29) is 5.69 Å². The van der Waals surface area contributed by atoms with Crippen LogP contribution in [0, 0.1) is 10.1 Å². The highest BCUT2D eigenvalue weighted by atomic mass is 16.6. The molecule has 1 aromatic rings. The van der Waals surface area contributed by atoms with Crippen LogP contribution in [-0.4, -0.2) is 111 Å². The Morgan fingerprint density at radius 2 is 0.917 bits per heavy atom. The van der Waals surface area contributed by atoms with Gasteiger partial charge in [0.2, 0.25) is 0 Å². The fraction of sp³-hybridized carbons (Fsp3) is 0.667. The van der Waals surface area contributed by atoms with Gasteiger partial charge in [-0.05, 0) is 12.1 Å². The minimum atomic E-state index is -0.452. The lowest BCUT2D eigenvalue weighted by molar-refractivity contribution is -0.384. The monoisotopic (exact) mass is 517 g/mol. The molecule has 0 N–H and O–H groups in total. The van der Waals surface area contributed by atoms with Crippen molar-refractivity contribution in [2.75, 3.05) is 106 Å². The molecule has 0 saturated heterocycles. The normalized spacial score (nSPS) is 10.9. The zero-order chi connectivity index (χ0) is 25.9. The molecule has 0 aliphatic rings. The third-order valence-corrected chi connectivity index (χ3v) is 4.24. The van der Waals surface area contributed by atoms with Crippen LogP contribution in [-0.2, 0) is 37.9 Å². The summed E-state index contributed by atoms with van der Waals surface area (Å²) < 4.78 is 48.1. The van der Waals surface area contributed by atoms with Gasteiger partial charge in [-0.1, -0.05) is 6.58 Å². The number of benzene rings is 1. The van der Waals surface area contributed by atoms with E-state index in [0.717, 1.165) is 0 Å². The third kappa shape index (κ3) is 19.9. The quantitative estimate of drug-likeness (QED) is 0.0738. The summed E-state index contributed by atoms with van der Waals surface area (Å²) in [5.41, 5.74) is 0.0279. The Morgan fingerprint density at radius 1 is 0.583 bits per heavy atom. The number of nitro groups is 1. The van der Waals surface area contributed by atoms with Gasteiger partial charge in [-0.15, -0.1) is 0 Å². The average molecular weight is 518 g/mol. The van der Waals surface area contributed by atoms with E-state index in [1.165, 1.54) is 18.4 Å². The first kappa shape index (κ1) is 31.7. The lowest BCUT2D eigenvalue weighted by atomic mass is 10.3. The molecular weight excluding hydrogens is 478 g/mol. The predicted octanol–water partition coefficient (Wildman–Crippen LogP) is 2.25. The number of ether oxygens (including phenoxy) is 9. The topological polar surface area (TPSA) is 126 Å². The summed E-state index contributed by atoms with van der Waals surface area (Å²) >= 11 is 0. The van der Waals surface area contributed by atoms with Gasteiger partial charge in [0.25, 0.3) is 5.69 Å². The fourth-order valence-electron chi connectivity index (χ4n) is 2.49. The zero-order valence-electron chi connectivity index (χ0n) is 20.8. The van der Waals surface area contributed by atoms with Crippen LogP contribution in [0.5, 0.6) is 5.75 Å². The lowest BCUT2D eigenvalue weighted by Crippen LogP contribution is -2.15. The van der Waals surface area contributed by atoms with Gasteiger partial charge in [0.15, 0.2) is 0 Å². The number of nitro benzene ring substituents is 1. The van der Waals surface area contributed by atoms with Gasteiger partial charge in [0.1, 0.15) is 19.0 Å². The van der Waals surface area contributed by atoms with Gasteiger partial charge in [-0.25, -0.2) is 0 Å². The third-order valence-electron chi connectivity index (χ3n) is 4.24. The van der Waals surface area contributed by atoms with E-state index in [1.807, 2.05) is 0 Å². The second-order valence-electron chi connectivity index (χ2n) is 6.92. The van der Waals surface area contributed by atoms with E-state index >= 15 is 0 Å². The van der Waals surface area contributed by atoms with E-state index in [9.17, 15) is 10.1 Å². The van der Waals surface area contributed by atoms with Crippen LogP contribution in [0.25, 0.3) is 0 Å². The molecule has 36 heavy (non-hydrogen) atoms. The molecule has 0 aliphatic carbocycles. The summed E-state index contributed by atoms with van der Waals surface area (Å²) in [6.45, 7) is 11.1. The van der Waals surface area contributed by atoms with E-state index in [1.54, 1.807) is 12.1 Å². The molecule has 0 spiro atoms. The summed E-state index contributed by atoms with van der Waals surface area (Å²) in [5.74, 6) is 0.559. The Kier molecular flexibility index (Phi) is 21.5. The molecule has 0 aliphatic heterocycles. The van der Waals surface area contributed by atoms with Crippen LogP contribution in [0.2, 0.25) is 0 Å². The molecule has 12 heteroatoms. The van der Waals surface area contributed by atoms with Crippen LogP contribution in [0.4, 0.5) is 5.69 Å². The Hall–Kier alpha value is -2.32. The molecule has 206 valence electrons. The minimum Gasteiger partial charge on any atom is -0.499 e. The van der Waals surface area contributed by atoms with Crippen molar-refractivity contribution in [2.24, 2.45) is 0 Å². The summed E-state index contributed by atoms with van der Waals surface area (Å²) in [6.07, 6.45) is 1.39. The fourth-order valence-corrected chi connectivity index (χ4v) is 2.49. The molecule has 0 unspecified atom stereocenters. The number of hydrogen-bond acceptors (Lipinski definition) is 11. The number of rotatable bonds is 27. The summed E-state index contributed by atoms with van der Waals surface area (Å²) in [4.78, 5) is 10.1. The zero-order valence-corrected chi connectivity index (χ0v) is 20.8. The maximum absolute atomic E-state index is 10.6. The van der Waals surface area contributed by atoms with Crippen molar-refractivity contribution in [3.05, 3.63) is 47.2 Å². The molecule has 0 saturated carbocycles. The van der Waals surface area contributed by atoms with Crippen molar-refractivity contribution in [2.45, 2.75) is 0 Å². The molecule has 0 heterocycles. The molecule has 0 atom stereocenters. The van der Waals surface area contributed by atoms with E-state index < -0.39 is 4.92 Å². The second-order valence-corrected chi connectivity index (χ2v) is 6.92. The smallest absolute Gasteiger partial charge is 0.269 e.